The second-order valence-electron chi connectivity index (χ2n) is 4.15. The smallest absolute Gasteiger partial charge is 0.339 e. The molecule has 0 fully saturated rings. The van der Waals surface area contributed by atoms with Crippen LogP contribution in [0.25, 0.3) is 0 Å². The molecule has 0 aromatic carbocycles. The molecule has 108 valence electrons. The average Bonchev–Trinajstić information content (AvgIpc) is 2.43. The van der Waals surface area contributed by atoms with Gasteiger partial charge < -0.3 is 10.1 Å². The number of methoxy groups -OCH3 is 1. The van der Waals surface area contributed by atoms with Crippen LogP contribution in [-0.4, -0.2) is 34.8 Å². The SMILES string of the molecule is COC(=O)c1cncc(NC(=O)C(C)CSC(C)=O)c1. The maximum Gasteiger partial charge on any atom is 0.339 e. The predicted octanol–water partition coefficient (Wildman–Crippen LogP) is 1.72. The van der Waals surface area contributed by atoms with Gasteiger partial charge in [-0.05, 0) is 6.07 Å². The lowest BCUT2D eigenvalue weighted by molar-refractivity contribution is -0.118. The molecule has 1 unspecified atom stereocenters. The maximum absolute atomic E-state index is 11.9. The summed E-state index contributed by atoms with van der Waals surface area (Å²) < 4.78 is 4.58. The molecule has 0 aliphatic heterocycles. The first-order valence-corrected chi connectivity index (χ1v) is 6.90. The molecule has 0 bridgehead atoms. The zero-order chi connectivity index (χ0) is 15.1. The van der Waals surface area contributed by atoms with Gasteiger partial charge in [-0.25, -0.2) is 4.79 Å². The van der Waals surface area contributed by atoms with Gasteiger partial charge in [-0.15, -0.1) is 0 Å². The Hall–Kier alpha value is -1.89. The van der Waals surface area contributed by atoms with E-state index in [9.17, 15) is 14.4 Å². The van der Waals surface area contributed by atoms with E-state index in [1.54, 1.807) is 6.92 Å². The summed E-state index contributed by atoms with van der Waals surface area (Å²) in [5, 5.41) is 2.62. The van der Waals surface area contributed by atoms with E-state index in [2.05, 4.69) is 15.0 Å². The quantitative estimate of drug-likeness (QED) is 0.833. The number of carbonyl (C=O) groups is 3. The summed E-state index contributed by atoms with van der Waals surface area (Å²) in [6.07, 6.45) is 2.80. The van der Waals surface area contributed by atoms with Gasteiger partial charge in [-0.3, -0.25) is 14.6 Å². The summed E-state index contributed by atoms with van der Waals surface area (Å²) in [5.74, 6) is -0.673. The number of aromatic nitrogens is 1. The van der Waals surface area contributed by atoms with Gasteiger partial charge in [0, 0.05) is 24.8 Å². The molecule has 1 amide bonds. The third kappa shape index (κ3) is 5.00. The first kappa shape index (κ1) is 16.2. The predicted molar refractivity (Wildman–Crippen MR) is 76.5 cm³/mol. The molecule has 0 radical (unpaired) electrons. The zero-order valence-electron chi connectivity index (χ0n) is 11.5. The summed E-state index contributed by atoms with van der Waals surface area (Å²) in [6, 6.07) is 1.49. The summed E-state index contributed by atoms with van der Waals surface area (Å²) in [5.41, 5.74) is 0.675. The molecule has 0 aliphatic rings. The number of nitrogens with zero attached hydrogens (tertiary/aromatic N) is 1. The van der Waals surface area contributed by atoms with Crippen LogP contribution in [0.4, 0.5) is 5.69 Å². The lowest BCUT2D eigenvalue weighted by Gasteiger charge is -2.11. The highest BCUT2D eigenvalue weighted by molar-refractivity contribution is 8.13. The number of esters is 1. The van der Waals surface area contributed by atoms with E-state index in [1.165, 1.54) is 32.5 Å². The van der Waals surface area contributed by atoms with Crippen molar-refractivity contribution in [3.63, 3.8) is 0 Å². The van der Waals surface area contributed by atoms with E-state index in [1.807, 2.05) is 0 Å². The number of rotatable bonds is 5. The van der Waals surface area contributed by atoms with Gasteiger partial charge in [0.1, 0.15) is 0 Å². The van der Waals surface area contributed by atoms with Crippen LogP contribution in [0, 0.1) is 5.92 Å². The van der Waals surface area contributed by atoms with Gasteiger partial charge in [0.2, 0.25) is 5.91 Å². The van der Waals surface area contributed by atoms with Crippen molar-refractivity contribution in [3.05, 3.63) is 24.0 Å². The number of carbonyl (C=O) groups excluding carboxylic acids is 3. The van der Waals surface area contributed by atoms with Crippen molar-refractivity contribution in [2.24, 2.45) is 5.92 Å². The van der Waals surface area contributed by atoms with Crippen molar-refractivity contribution >= 4 is 34.4 Å². The van der Waals surface area contributed by atoms with Gasteiger partial charge in [0.05, 0.1) is 24.6 Å². The Balaban J connectivity index is 2.66. The Morgan fingerprint density at radius 2 is 2.10 bits per heavy atom. The molecule has 20 heavy (non-hydrogen) atoms. The van der Waals surface area contributed by atoms with Crippen LogP contribution in [0.15, 0.2) is 18.5 Å². The number of anilines is 1. The summed E-state index contributed by atoms with van der Waals surface area (Å²) in [4.78, 5) is 38.0. The fraction of sp³-hybridized carbons (Fsp3) is 0.385. The summed E-state index contributed by atoms with van der Waals surface area (Å²) >= 11 is 1.10. The lowest BCUT2D eigenvalue weighted by Crippen LogP contribution is -2.22. The molecule has 0 saturated heterocycles. The highest BCUT2D eigenvalue weighted by Crippen LogP contribution is 2.14. The van der Waals surface area contributed by atoms with Gasteiger partial charge in [-0.2, -0.15) is 0 Å². The Morgan fingerprint density at radius 3 is 2.70 bits per heavy atom. The van der Waals surface area contributed by atoms with E-state index in [0.29, 0.717) is 11.4 Å². The first-order chi connectivity index (χ1) is 9.43. The highest BCUT2D eigenvalue weighted by atomic mass is 32.2. The molecular weight excluding hydrogens is 280 g/mol. The Bertz CT molecular complexity index is 519. The van der Waals surface area contributed by atoms with Crippen LogP contribution in [0.5, 0.6) is 0 Å². The molecule has 0 aliphatic carbocycles. The molecule has 0 saturated carbocycles. The molecule has 1 aromatic heterocycles. The minimum absolute atomic E-state index is 0.0287. The zero-order valence-corrected chi connectivity index (χ0v) is 12.3. The van der Waals surface area contributed by atoms with E-state index in [-0.39, 0.29) is 22.5 Å². The van der Waals surface area contributed by atoms with E-state index in [0.717, 1.165) is 11.8 Å². The van der Waals surface area contributed by atoms with Crippen molar-refractivity contribution in [2.45, 2.75) is 13.8 Å². The topological polar surface area (TPSA) is 85.4 Å². The van der Waals surface area contributed by atoms with Gasteiger partial charge in [0.15, 0.2) is 5.12 Å². The Labute approximate surface area is 121 Å². The normalized spacial score (nSPS) is 11.6. The fourth-order valence-corrected chi connectivity index (χ4v) is 1.96. The lowest BCUT2D eigenvalue weighted by atomic mass is 10.2. The molecule has 1 rings (SSSR count). The number of hydrogen-bond donors (Lipinski definition) is 1. The molecule has 6 nitrogen and oxygen atoms in total. The van der Waals surface area contributed by atoms with Gasteiger partial charge in [-0.1, -0.05) is 18.7 Å². The van der Waals surface area contributed by atoms with Crippen LogP contribution in [0.2, 0.25) is 0 Å². The van der Waals surface area contributed by atoms with Crippen molar-refractivity contribution in [1.29, 1.82) is 0 Å². The average molecular weight is 296 g/mol. The first-order valence-electron chi connectivity index (χ1n) is 5.91. The van der Waals surface area contributed by atoms with Gasteiger partial charge >= 0.3 is 5.97 Å². The minimum Gasteiger partial charge on any atom is -0.465 e. The van der Waals surface area contributed by atoms with E-state index in [4.69, 9.17) is 0 Å². The monoisotopic (exact) mass is 296 g/mol. The molecule has 1 heterocycles. The standard InChI is InChI=1S/C13H16N2O4S/c1-8(7-20-9(2)16)12(17)15-11-4-10(5-14-6-11)13(18)19-3/h4-6,8H,7H2,1-3H3,(H,15,17). The molecular formula is C13H16N2O4S. The Kier molecular flexibility index (Phi) is 6.17. The van der Waals surface area contributed by atoms with Crippen molar-refractivity contribution in [2.75, 3.05) is 18.2 Å². The number of hydrogen-bond acceptors (Lipinski definition) is 6. The third-order valence-corrected chi connectivity index (χ3v) is 3.48. The van der Waals surface area contributed by atoms with Crippen LogP contribution < -0.4 is 5.32 Å². The molecule has 1 N–H and O–H groups in total. The second-order valence-corrected chi connectivity index (χ2v) is 5.34. The largest absolute Gasteiger partial charge is 0.465 e. The number of thioether (sulfide) groups is 1. The van der Waals surface area contributed by atoms with Crippen molar-refractivity contribution in [3.8, 4) is 0 Å². The van der Waals surface area contributed by atoms with Crippen LogP contribution >= 0.6 is 11.8 Å². The van der Waals surface area contributed by atoms with Crippen LogP contribution in [-0.2, 0) is 14.3 Å². The number of pyridine rings is 1. The van der Waals surface area contributed by atoms with E-state index >= 15 is 0 Å². The summed E-state index contributed by atoms with van der Waals surface area (Å²) in [7, 11) is 1.27. The van der Waals surface area contributed by atoms with E-state index < -0.39 is 5.97 Å². The molecule has 7 heteroatoms. The molecule has 1 atom stereocenters. The Morgan fingerprint density at radius 1 is 1.40 bits per heavy atom. The van der Waals surface area contributed by atoms with Crippen molar-refractivity contribution in [1.82, 2.24) is 4.98 Å². The number of nitrogens with one attached hydrogen (secondary N) is 1. The number of ether oxygens (including phenoxy) is 1. The van der Waals surface area contributed by atoms with Crippen LogP contribution in [0.3, 0.4) is 0 Å². The summed E-state index contributed by atoms with van der Waals surface area (Å²) in [6.45, 7) is 3.18. The minimum atomic E-state index is -0.520. The van der Waals surface area contributed by atoms with Gasteiger partial charge in [0.25, 0.3) is 0 Å². The molecule has 1 aromatic rings. The number of amides is 1. The highest BCUT2D eigenvalue weighted by Gasteiger charge is 2.15. The second kappa shape index (κ2) is 7.64. The maximum atomic E-state index is 11.9. The fourth-order valence-electron chi connectivity index (χ4n) is 1.32. The molecule has 0 spiro atoms. The van der Waals surface area contributed by atoms with Crippen LogP contribution in [0.1, 0.15) is 24.2 Å². The third-order valence-electron chi connectivity index (χ3n) is 2.41. The van der Waals surface area contributed by atoms with Crippen molar-refractivity contribution < 1.29 is 19.1 Å².